The van der Waals surface area contributed by atoms with Gasteiger partial charge < -0.3 is 30.2 Å². The number of fused-ring (bicyclic) bond motifs is 1. The number of amides is 1. The highest BCUT2D eigenvalue weighted by Gasteiger charge is 2.38. The number of aliphatic hydroxyl groups is 1. The second-order valence-corrected chi connectivity index (χ2v) is 10.1. The van der Waals surface area contributed by atoms with Gasteiger partial charge in [0.15, 0.2) is 5.78 Å². The number of aromatic nitrogens is 3. The van der Waals surface area contributed by atoms with Gasteiger partial charge in [-0.05, 0) is 49.1 Å². The number of carboxylic acids is 1. The molecule has 5 N–H and O–H groups in total. The van der Waals surface area contributed by atoms with Crippen molar-refractivity contribution in [1.82, 2.24) is 20.3 Å². The van der Waals surface area contributed by atoms with Crippen LogP contribution in [0.4, 0.5) is 13.2 Å². The molecule has 0 unspecified atom stereocenters. The number of carbonyl (C=O) groups is 3. The molecular formula is C31H35F3N4O6. The maximum absolute atomic E-state index is 13.3. The van der Waals surface area contributed by atoms with E-state index in [-0.39, 0.29) is 24.2 Å². The molecule has 0 aliphatic carbocycles. The second-order valence-electron chi connectivity index (χ2n) is 10.1. The Balaban J connectivity index is 0.000000676. The van der Waals surface area contributed by atoms with Gasteiger partial charge in [0.2, 0.25) is 5.91 Å². The van der Waals surface area contributed by atoms with E-state index in [9.17, 15) is 22.8 Å². The number of benzene rings is 2. The lowest BCUT2D eigenvalue weighted by atomic mass is 10.0. The molecule has 0 bridgehead atoms. The van der Waals surface area contributed by atoms with Crippen LogP contribution in [-0.2, 0) is 20.8 Å². The van der Waals surface area contributed by atoms with E-state index in [1.54, 1.807) is 13.3 Å². The van der Waals surface area contributed by atoms with Gasteiger partial charge in [-0.1, -0.05) is 43.2 Å². The largest absolute Gasteiger partial charge is 0.497 e. The molecule has 44 heavy (non-hydrogen) atoms. The number of methoxy groups -OCH3 is 1. The average molecular weight is 617 g/mol. The van der Waals surface area contributed by atoms with Crippen LogP contribution < -0.4 is 10.1 Å². The Kier molecular flexibility index (Phi) is 12.1. The molecule has 236 valence electrons. The molecule has 2 heterocycles. The molecule has 0 radical (unpaired) electrons. The summed E-state index contributed by atoms with van der Waals surface area (Å²) in [4.78, 5) is 44.9. The van der Waals surface area contributed by atoms with Gasteiger partial charge >= 0.3 is 12.1 Å². The number of carboxylic acid groups (broad SMARTS) is 1. The highest BCUT2D eigenvalue weighted by molar-refractivity contribution is 5.91. The molecule has 13 heteroatoms. The number of alkyl halides is 3. The molecule has 2 aromatic carbocycles. The number of rotatable bonds is 13. The molecule has 0 spiro atoms. The molecule has 0 saturated carbocycles. The Morgan fingerprint density at radius 2 is 1.75 bits per heavy atom. The van der Waals surface area contributed by atoms with E-state index in [2.05, 4.69) is 20.3 Å². The zero-order valence-electron chi connectivity index (χ0n) is 24.3. The number of halogens is 3. The Labute approximate surface area is 251 Å². The lowest BCUT2D eigenvalue weighted by Gasteiger charge is -2.17. The Bertz CT molecular complexity index is 1550. The lowest BCUT2D eigenvalue weighted by molar-refractivity contribution is -0.192. The molecule has 1 atom stereocenters. The first kappa shape index (κ1) is 33.8. The number of unbranched alkanes of at least 4 members (excludes halogenated alkanes) is 2. The SMILES string of the molecule is COc1ccc2[nH]c(C)c(CC(=O)N[C@@H](CCCCCC(=O)CO)c3ncc(-c4ccccc4)[nH]3)c2c1.O=C(O)C(F)(F)F. The van der Waals surface area contributed by atoms with E-state index in [4.69, 9.17) is 19.7 Å². The van der Waals surface area contributed by atoms with Gasteiger partial charge in [0.25, 0.3) is 0 Å². The quantitative estimate of drug-likeness (QED) is 0.126. The Morgan fingerprint density at radius 3 is 2.39 bits per heavy atom. The summed E-state index contributed by atoms with van der Waals surface area (Å²) >= 11 is 0. The van der Waals surface area contributed by atoms with Crippen molar-refractivity contribution in [2.24, 2.45) is 0 Å². The van der Waals surface area contributed by atoms with Crippen LogP contribution in [0.1, 0.15) is 55.2 Å². The molecule has 0 aliphatic heterocycles. The number of ketones is 1. The van der Waals surface area contributed by atoms with Gasteiger partial charge in [0.1, 0.15) is 18.2 Å². The van der Waals surface area contributed by atoms with Crippen LogP contribution in [0.3, 0.4) is 0 Å². The molecular weight excluding hydrogens is 581 g/mol. The van der Waals surface area contributed by atoms with E-state index >= 15 is 0 Å². The zero-order valence-corrected chi connectivity index (χ0v) is 24.3. The molecule has 0 aliphatic rings. The summed E-state index contributed by atoms with van der Waals surface area (Å²) in [6.45, 7) is 1.56. The minimum Gasteiger partial charge on any atom is -0.497 e. The summed E-state index contributed by atoms with van der Waals surface area (Å²) in [5.41, 5.74) is 4.78. The van der Waals surface area contributed by atoms with Gasteiger partial charge in [-0.25, -0.2) is 9.78 Å². The molecule has 10 nitrogen and oxygen atoms in total. The molecule has 0 fully saturated rings. The predicted molar refractivity (Wildman–Crippen MR) is 157 cm³/mol. The van der Waals surface area contributed by atoms with Gasteiger partial charge in [-0.15, -0.1) is 0 Å². The van der Waals surface area contributed by atoms with Crippen LogP contribution in [0.25, 0.3) is 22.2 Å². The molecule has 2 aromatic heterocycles. The first-order valence-corrected chi connectivity index (χ1v) is 13.9. The van der Waals surface area contributed by atoms with E-state index in [1.807, 2.05) is 55.5 Å². The highest BCUT2D eigenvalue weighted by Crippen LogP contribution is 2.28. The number of aliphatic carboxylic acids is 1. The summed E-state index contributed by atoms with van der Waals surface area (Å²) in [6, 6.07) is 15.4. The smallest absolute Gasteiger partial charge is 0.490 e. The first-order valence-electron chi connectivity index (χ1n) is 13.9. The topological polar surface area (TPSA) is 157 Å². The number of aromatic amines is 2. The second kappa shape index (κ2) is 15.7. The van der Waals surface area contributed by atoms with Crippen molar-refractivity contribution in [3.63, 3.8) is 0 Å². The number of nitrogens with zero attached hydrogens (tertiary/aromatic N) is 1. The van der Waals surface area contributed by atoms with Crippen molar-refractivity contribution in [3.8, 4) is 17.0 Å². The fourth-order valence-electron chi connectivity index (χ4n) is 4.60. The summed E-state index contributed by atoms with van der Waals surface area (Å²) < 4.78 is 37.1. The summed E-state index contributed by atoms with van der Waals surface area (Å²) in [7, 11) is 1.63. The van der Waals surface area contributed by atoms with E-state index in [1.165, 1.54) is 0 Å². The number of aliphatic hydroxyl groups excluding tert-OH is 1. The number of H-pyrrole nitrogens is 2. The summed E-state index contributed by atoms with van der Waals surface area (Å²) in [5.74, 6) is -1.54. The number of aryl methyl sites for hydroxylation is 1. The van der Waals surface area contributed by atoms with Crippen LogP contribution in [0.2, 0.25) is 0 Å². The number of hydrogen-bond donors (Lipinski definition) is 5. The number of carbonyl (C=O) groups excluding carboxylic acids is 2. The highest BCUT2D eigenvalue weighted by atomic mass is 19.4. The van der Waals surface area contributed by atoms with E-state index in [0.29, 0.717) is 25.1 Å². The minimum absolute atomic E-state index is 0.0926. The maximum Gasteiger partial charge on any atom is 0.490 e. The van der Waals surface area contributed by atoms with Crippen LogP contribution in [-0.4, -0.2) is 62.7 Å². The Hall–Kier alpha value is -4.65. The first-order chi connectivity index (χ1) is 20.9. The van der Waals surface area contributed by atoms with Crippen molar-refractivity contribution in [3.05, 3.63) is 71.8 Å². The number of imidazole rings is 1. The van der Waals surface area contributed by atoms with Crippen molar-refractivity contribution >= 4 is 28.6 Å². The zero-order chi connectivity index (χ0) is 32.3. The lowest BCUT2D eigenvalue weighted by Crippen LogP contribution is -2.30. The van der Waals surface area contributed by atoms with Crippen molar-refractivity contribution < 1.29 is 42.5 Å². The van der Waals surface area contributed by atoms with Crippen LogP contribution in [0.5, 0.6) is 5.75 Å². The average Bonchev–Trinajstić information content (AvgIpc) is 3.61. The van der Waals surface area contributed by atoms with Crippen molar-refractivity contribution in [2.75, 3.05) is 13.7 Å². The predicted octanol–water partition coefficient (Wildman–Crippen LogP) is 5.42. The summed E-state index contributed by atoms with van der Waals surface area (Å²) in [6.07, 6.45) is 0.341. The molecule has 4 aromatic rings. The Morgan fingerprint density at radius 1 is 1.05 bits per heavy atom. The fraction of sp³-hybridized carbons (Fsp3) is 0.355. The number of nitrogens with one attached hydrogen (secondary N) is 3. The normalized spacial score (nSPS) is 11.9. The van der Waals surface area contributed by atoms with Gasteiger partial charge in [0, 0.05) is 23.0 Å². The van der Waals surface area contributed by atoms with E-state index in [0.717, 1.165) is 52.0 Å². The molecule has 4 rings (SSSR count). The van der Waals surface area contributed by atoms with Crippen molar-refractivity contribution in [2.45, 2.75) is 57.7 Å². The minimum atomic E-state index is -5.08. The fourth-order valence-corrected chi connectivity index (χ4v) is 4.60. The molecule has 0 saturated heterocycles. The number of ether oxygens (including phenoxy) is 1. The third-order valence-electron chi connectivity index (χ3n) is 6.88. The third kappa shape index (κ3) is 9.69. The molecule has 1 amide bonds. The van der Waals surface area contributed by atoms with Gasteiger partial charge in [0.05, 0.1) is 31.5 Å². The number of Topliss-reactive ketones (excluding diaryl/α,β-unsaturated/α-hetero) is 1. The van der Waals surface area contributed by atoms with Crippen molar-refractivity contribution in [1.29, 1.82) is 0 Å². The van der Waals surface area contributed by atoms with Crippen LogP contribution >= 0.6 is 0 Å². The van der Waals surface area contributed by atoms with Gasteiger partial charge in [-0.3, -0.25) is 9.59 Å². The van der Waals surface area contributed by atoms with Gasteiger partial charge in [-0.2, -0.15) is 13.2 Å². The summed E-state index contributed by atoms with van der Waals surface area (Å²) in [5, 5.41) is 20.2. The standard InChI is InChI=1S/C29H34N4O4.C2HF3O2/c1-19-23(24-15-22(37-2)13-14-25(24)31-19)16-28(36)32-26(12-8-4-7-11-21(35)18-34)29-30-17-27(33-29)20-9-5-3-6-10-20;3-2(4,5)1(6)7/h3,5-6,9-10,13-15,17,26,31,34H,4,7-8,11-12,16,18H2,1-2H3,(H,30,33)(H,32,36);(H,6,7)/t26-;/m0./s1. The third-order valence-corrected chi connectivity index (χ3v) is 6.88. The number of hydrogen-bond acceptors (Lipinski definition) is 6. The maximum atomic E-state index is 13.3. The van der Waals surface area contributed by atoms with E-state index < -0.39 is 18.8 Å². The van der Waals surface area contributed by atoms with Crippen LogP contribution in [0, 0.1) is 6.92 Å². The monoisotopic (exact) mass is 616 g/mol. The van der Waals surface area contributed by atoms with Crippen LogP contribution in [0.15, 0.2) is 54.7 Å².